The van der Waals surface area contributed by atoms with Crippen molar-refractivity contribution in [1.82, 2.24) is 9.88 Å². The van der Waals surface area contributed by atoms with Crippen molar-refractivity contribution in [1.29, 1.82) is 0 Å². The van der Waals surface area contributed by atoms with Gasteiger partial charge in [0.2, 0.25) is 5.91 Å². The van der Waals surface area contributed by atoms with Crippen LogP contribution in [0.3, 0.4) is 0 Å². The molecule has 3 aromatic rings. The molecule has 2 aromatic carbocycles. The minimum absolute atomic E-state index is 0.00785. The maximum absolute atomic E-state index is 12.7. The lowest BCUT2D eigenvalue weighted by atomic mass is 10.1. The third-order valence-corrected chi connectivity index (χ3v) is 5.44. The molecule has 0 aliphatic carbocycles. The molecule has 0 bridgehead atoms. The van der Waals surface area contributed by atoms with Crippen LogP contribution >= 0.6 is 0 Å². The molecule has 0 unspecified atom stereocenters. The highest BCUT2D eigenvalue weighted by Crippen LogP contribution is 2.36. The molecule has 1 saturated heterocycles. The molecular formula is C22H20N4O2. The minimum atomic E-state index is -0.240. The van der Waals surface area contributed by atoms with E-state index in [2.05, 4.69) is 15.5 Å². The number of fused-ring (bicyclic) bond motifs is 3. The summed E-state index contributed by atoms with van der Waals surface area (Å²) in [4.78, 5) is 27.2. The molecule has 6 nitrogen and oxygen atoms in total. The van der Waals surface area contributed by atoms with Crippen LogP contribution in [-0.4, -0.2) is 35.0 Å². The maximum Gasteiger partial charge on any atom is 0.251 e. The van der Waals surface area contributed by atoms with Gasteiger partial charge in [-0.05, 0) is 55.0 Å². The van der Waals surface area contributed by atoms with Gasteiger partial charge >= 0.3 is 0 Å². The van der Waals surface area contributed by atoms with Crippen LogP contribution in [-0.2, 0) is 4.79 Å². The summed E-state index contributed by atoms with van der Waals surface area (Å²) < 4.78 is 1.99. The zero-order valence-electron chi connectivity index (χ0n) is 15.2. The first kappa shape index (κ1) is 16.6. The number of rotatable bonds is 3. The molecule has 2 N–H and O–H groups in total. The summed E-state index contributed by atoms with van der Waals surface area (Å²) in [7, 11) is 0. The first-order valence-electron chi connectivity index (χ1n) is 9.40. The average molecular weight is 372 g/mol. The van der Waals surface area contributed by atoms with E-state index < -0.39 is 0 Å². The van der Waals surface area contributed by atoms with Gasteiger partial charge in [0.05, 0.1) is 11.4 Å². The first-order chi connectivity index (χ1) is 13.7. The van der Waals surface area contributed by atoms with E-state index in [9.17, 15) is 9.59 Å². The van der Waals surface area contributed by atoms with Gasteiger partial charge in [0.1, 0.15) is 6.04 Å². The summed E-state index contributed by atoms with van der Waals surface area (Å²) in [6.07, 6.45) is 4.53. The molecule has 2 amide bonds. The fourth-order valence-corrected chi connectivity index (χ4v) is 4.06. The van der Waals surface area contributed by atoms with Crippen LogP contribution in [0.2, 0.25) is 0 Å². The second kappa shape index (κ2) is 6.56. The van der Waals surface area contributed by atoms with Crippen LogP contribution in [0.5, 0.6) is 0 Å². The molecule has 0 spiro atoms. The van der Waals surface area contributed by atoms with E-state index in [1.165, 1.54) is 0 Å². The summed E-state index contributed by atoms with van der Waals surface area (Å²) >= 11 is 0. The summed E-state index contributed by atoms with van der Waals surface area (Å²) in [6.45, 7) is 0.627. The molecule has 2 aliphatic heterocycles. The Labute approximate surface area is 162 Å². The maximum atomic E-state index is 12.7. The molecule has 2 atom stereocenters. The Bertz CT molecular complexity index is 1030. The third-order valence-electron chi connectivity index (χ3n) is 5.44. The smallest absolute Gasteiger partial charge is 0.251 e. The number of hydrogen-bond acceptors (Lipinski definition) is 3. The fourth-order valence-electron chi connectivity index (χ4n) is 4.06. The molecule has 1 fully saturated rings. The number of aromatic nitrogens is 1. The number of para-hydroxylation sites is 2. The van der Waals surface area contributed by atoms with Crippen molar-refractivity contribution in [2.45, 2.75) is 18.5 Å². The topological polar surface area (TPSA) is 66.4 Å². The Morgan fingerprint density at radius 2 is 1.75 bits per heavy atom. The number of benzene rings is 2. The molecule has 0 radical (unpaired) electrons. The van der Waals surface area contributed by atoms with Crippen LogP contribution in [0.4, 0.5) is 11.4 Å². The van der Waals surface area contributed by atoms with Crippen LogP contribution in [0, 0.1) is 0 Å². The van der Waals surface area contributed by atoms with E-state index in [1.807, 2.05) is 77.6 Å². The number of nitrogens with one attached hydrogen (secondary N) is 2. The van der Waals surface area contributed by atoms with Gasteiger partial charge in [0.25, 0.3) is 5.91 Å². The van der Waals surface area contributed by atoms with E-state index in [0.717, 1.165) is 17.1 Å². The van der Waals surface area contributed by atoms with E-state index in [4.69, 9.17) is 0 Å². The Kier molecular flexibility index (Phi) is 3.90. The number of carbonyl (C=O) groups excluding carboxylic acids is 2. The van der Waals surface area contributed by atoms with E-state index >= 15 is 0 Å². The third kappa shape index (κ3) is 2.83. The van der Waals surface area contributed by atoms with Gasteiger partial charge < -0.3 is 20.1 Å². The van der Waals surface area contributed by atoms with Gasteiger partial charge in [0.15, 0.2) is 0 Å². The molecule has 5 rings (SSSR count). The molecule has 6 heteroatoms. The molecule has 3 heterocycles. The lowest BCUT2D eigenvalue weighted by molar-refractivity contribution is -0.117. The minimum Gasteiger partial charge on any atom is -0.356 e. The SMILES string of the molecule is O=C(N[C@@H]1C[C@@H]2C(=O)Nc3ccccc3N2C1)c1ccc(-n2cccc2)cc1. The van der Waals surface area contributed by atoms with Crippen LogP contribution in [0.25, 0.3) is 5.69 Å². The van der Waals surface area contributed by atoms with Gasteiger partial charge in [-0.15, -0.1) is 0 Å². The van der Waals surface area contributed by atoms with Crippen LogP contribution in [0.15, 0.2) is 73.1 Å². The van der Waals surface area contributed by atoms with Crippen molar-refractivity contribution in [3.05, 3.63) is 78.6 Å². The van der Waals surface area contributed by atoms with Crippen molar-refractivity contribution in [3.63, 3.8) is 0 Å². The van der Waals surface area contributed by atoms with Gasteiger partial charge in [0, 0.05) is 36.2 Å². The van der Waals surface area contributed by atoms with Crippen molar-refractivity contribution < 1.29 is 9.59 Å². The fraction of sp³-hybridized carbons (Fsp3) is 0.182. The lowest BCUT2D eigenvalue weighted by Gasteiger charge is -2.32. The van der Waals surface area contributed by atoms with Crippen LogP contribution < -0.4 is 15.5 Å². The standard InChI is InChI=1S/C22H20N4O2/c27-21(15-7-9-17(10-8-15)25-11-3-4-12-25)23-16-13-20-22(28)24-18-5-1-2-6-19(18)26(20)14-16/h1-12,16,20H,13-14H2,(H,23,27)(H,24,28)/t16-,20-/m1/s1. The first-order valence-corrected chi connectivity index (χ1v) is 9.40. The molecule has 0 saturated carbocycles. The van der Waals surface area contributed by atoms with Crippen LogP contribution in [0.1, 0.15) is 16.8 Å². The average Bonchev–Trinajstić information content (AvgIpc) is 3.39. The van der Waals surface area contributed by atoms with E-state index in [0.29, 0.717) is 18.5 Å². The Morgan fingerprint density at radius 3 is 2.54 bits per heavy atom. The Balaban J connectivity index is 1.30. The highest BCUT2D eigenvalue weighted by Gasteiger charge is 2.41. The molecular weight excluding hydrogens is 352 g/mol. The monoisotopic (exact) mass is 372 g/mol. The summed E-state index contributed by atoms with van der Waals surface area (Å²) in [5.41, 5.74) is 3.47. The molecule has 140 valence electrons. The molecule has 1 aromatic heterocycles. The number of nitrogens with zero attached hydrogens (tertiary/aromatic N) is 2. The number of amides is 2. The number of anilines is 2. The highest BCUT2D eigenvalue weighted by atomic mass is 16.2. The van der Waals surface area contributed by atoms with E-state index in [-0.39, 0.29) is 23.9 Å². The van der Waals surface area contributed by atoms with Crippen molar-refractivity contribution in [2.75, 3.05) is 16.8 Å². The van der Waals surface area contributed by atoms with Crippen molar-refractivity contribution in [2.24, 2.45) is 0 Å². The zero-order chi connectivity index (χ0) is 19.1. The Morgan fingerprint density at radius 1 is 1.00 bits per heavy atom. The molecule has 28 heavy (non-hydrogen) atoms. The van der Waals surface area contributed by atoms with E-state index in [1.54, 1.807) is 0 Å². The summed E-state index contributed by atoms with van der Waals surface area (Å²) in [6, 6.07) is 18.9. The van der Waals surface area contributed by atoms with Crippen molar-refractivity contribution >= 4 is 23.2 Å². The largest absolute Gasteiger partial charge is 0.356 e. The van der Waals surface area contributed by atoms with Crippen molar-refractivity contribution in [3.8, 4) is 5.69 Å². The number of hydrogen-bond donors (Lipinski definition) is 2. The number of carbonyl (C=O) groups is 2. The normalized spacial score (nSPS) is 20.3. The summed E-state index contributed by atoms with van der Waals surface area (Å²) in [5, 5.41) is 6.05. The van der Waals surface area contributed by atoms with Gasteiger partial charge in [-0.25, -0.2) is 0 Å². The van der Waals surface area contributed by atoms with Gasteiger partial charge in [-0.2, -0.15) is 0 Å². The highest BCUT2D eigenvalue weighted by molar-refractivity contribution is 6.04. The quantitative estimate of drug-likeness (QED) is 0.743. The second-order valence-corrected chi connectivity index (χ2v) is 7.22. The molecule has 2 aliphatic rings. The Hall–Kier alpha value is -3.54. The summed E-state index contributed by atoms with van der Waals surface area (Å²) in [5.74, 6) is -0.121. The predicted molar refractivity (Wildman–Crippen MR) is 108 cm³/mol. The van der Waals surface area contributed by atoms with Gasteiger partial charge in [-0.3, -0.25) is 9.59 Å². The second-order valence-electron chi connectivity index (χ2n) is 7.22. The predicted octanol–water partition coefficient (Wildman–Crippen LogP) is 2.81. The lowest BCUT2D eigenvalue weighted by Crippen LogP contribution is -2.44. The van der Waals surface area contributed by atoms with Gasteiger partial charge in [-0.1, -0.05) is 12.1 Å². The zero-order valence-corrected chi connectivity index (χ0v) is 15.2.